The molecule has 2 N–H and O–H groups in total. The number of hydrogen-bond donors (Lipinski definition) is 2. The van der Waals surface area contributed by atoms with Crippen LogP contribution in [0.2, 0.25) is 0 Å². The van der Waals surface area contributed by atoms with Gasteiger partial charge >= 0.3 is 0 Å². The van der Waals surface area contributed by atoms with Gasteiger partial charge in [-0.3, -0.25) is 4.79 Å². The fourth-order valence-electron chi connectivity index (χ4n) is 2.49. The lowest BCUT2D eigenvalue weighted by molar-refractivity contribution is -0.122. The number of rotatable bonds is 5. The standard InChI is InChI=1S/C13H25NO2/c1-11(14-13(16)9-6-10-15)12-7-4-2-3-5-8-12/h11-12,15H,2-10H2,1H3,(H,14,16)/t11-/m1/s1. The Morgan fingerprint density at radius 3 is 2.50 bits per heavy atom. The molecule has 0 bridgehead atoms. The molecule has 16 heavy (non-hydrogen) atoms. The first-order chi connectivity index (χ1) is 7.74. The zero-order valence-electron chi connectivity index (χ0n) is 10.4. The van der Waals surface area contributed by atoms with Crippen molar-refractivity contribution in [1.29, 1.82) is 0 Å². The highest BCUT2D eigenvalue weighted by molar-refractivity contribution is 5.76. The Hall–Kier alpha value is -0.570. The van der Waals surface area contributed by atoms with Crippen LogP contribution in [-0.2, 0) is 4.79 Å². The molecule has 3 heteroatoms. The van der Waals surface area contributed by atoms with Gasteiger partial charge in [0.25, 0.3) is 0 Å². The summed E-state index contributed by atoms with van der Waals surface area (Å²) in [7, 11) is 0. The summed E-state index contributed by atoms with van der Waals surface area (Å²) in [6.45, 7) is 2.22. The highest BCUT2D eigenvalue weighted by Gasteiger charge is 2.20. The van der Waals surface area contributed by atoms with Crippen LogP contribution >= 0.6 is 0 Å². The zero-order chi connectivity index (χ0) is 11.8. The minimum atomic E-state index is 0.0887. The molecular formula is C13H25NO2. The van der Waals surface area contributed by atoms with Crippen LogP contribution < -0.4 is 5.32 Å². The highest BCUT2D eigenvalue weighted by atomic mass is 16.3. The largest absolute Gasteiger partial charge is 0.396 e. The highest BCUT2D eigenvalue weighted by Crippen LogP contribution is 2.25. The van der Waals surface area contributed by atoms with Crippen LogP contribution in [0.3, 0.4) is 0 Å². The maximum atomic E-state index is 11.5. The van der Waals surface area contributed by atoms with E-state index in [-0.39, 0.29) is 12.5 Å². The third-order valence-corrected chi connectivity index (χ3v) is 3.56. The fraction of sp³-hybridized carbons (Fsp3) is 0.923. The lowest BCUT2D eigenvalue weighted by atomic mass is 9.93. The van der Waals surface area contributed by atoms with Crippen LogP contribution in [0.5, 0.6) is 0 Å². The number of carbonyl (C=O) groups excluding carboxylic acids is 1. The van der Waals surface area contributed by atoms with Gasteiger partial charge in [0.1, 0.15) is 0 Å². The van der Waals surface area contributed by atoms with E-state index in [0.717, 1.165) is 0 Å². The second kappa shape index (κ2) is 7.66. The fourth-order valence-corrected chi connectivity index (χ4v) is 2.49. The maximum Gasteiger partial charge on any atom is 0.220 e. The molecule has 1 saturated carbocycles. The monoisotopic (exact) mass is 227 g/mol. The van der Waals surface area contributed by atoms with Crippen LogP contribution in [0.25, 0.3) is 0 Å². The van der Waals surface area contributed by atoms with E-state index < -0.39 is 0 Å². The first kappa shape index (κ1) is 13.5. The molecule has 1 aliphatic rings. The van der Waals surface area contributed by atoms with E-state index in [1.807, 2.05) is 0 Å². The summed E-state index contributed by atoms with van der Waals surface area (Å²) in [5.41, 5.74) is 0. The topological polar surface area (TPSA) is 49.3 Å². The molecule has 0 aromatic heterocycles. The van der Waals surface area contributed by atoms with Gasteiger partial charge in [0.05, 0.1) is 0 Å². The number of nitrogens with one attached hydrogen (secondary N) is 1. The van der Waals surface area contributed by atoms with Gasteiger partial charge in [0.15, 0.2) is 0 Å². The summed E-state index contributed by atoms with van der Waals surface area (Å²) in [4.78, 5) is 11.5. The SMILES string of the molecule is C[C@@H](NC(=O)CCCO)C1CCCCCC1. The Labute approximate surface area is 98.6 Å². The Bertz CT molecular complexity index is 198. The zero-order valence-corrected chi connectivity index (χ0v) is 10.4. The average molecular weight is 227 g/mol. The molecule has 94 valence electrons. The Morgan fingerprint density at radius 2 is 1.94 bits per heavy atom. The van der Waals surface area contributed by atoms with Gasteiger partial charge in [-0.2, -0.15) is 0 Å². The third kappa shape index (κ3) is 4.97. The number of carbonyl (C=O) groups is 1. The van der Waals surface area contributed by atoms with Gasteiger partial charge in [-0.1, -0.05) is 25.7 Å². The lowest BCUT2D eigenvalue weighted by Crippen LogP contribution is -2.37. The van der Waals surface area contributed by atoms with Gasteiger partial charge in [-0.05, 0) is 32.1 Å². The van der Waals surface area contributed by atoms with Crippen molar-refractivity contribution in [2.24, 2.45) is 5.92 Å². The van der Waals surface area contributed by atoms with E-state index in [1.165, 1.54) is 38.5 Å². The molecule has 0 aromatic carbocycles. The first-order valence-electron chi connectivity index (χ1n) is 6.64. The predicted molar refractivity (Wildman–Crippen MR) is 65.1 cm³/mol. The predicted octanol–water partition coefficient (Wildman–Crippen LogP) is 2.23. The van der Waals surface area contributed by atoms with E-state index in [0.29, 0.717) is 24.8 Å². The number of aliphatic hydroxyl groups is 1. The second-order valence-electron chi connectivity index (χ2n) is 4.93. The Morgan fingerprint density at radius 1 is 1.31 bits per heavy atom. The number of aliphatic hydroxyl groups excluding tert-OH is 1. The van der Waals surface area contributed by atoms with Crippen molar-refractivity contribution >= 4 is 5.91 Å². The normalized spacial score (nSPS) is 20.1. The summed E-state index contributed by atoms with van der Waals surface area (Å²) >= 11 is 0. The van der Waals surface area contributed by atoms with Crippen molar-refractivity contribution in [3.63, 3.8) is 0 Å². The summed E-state index contributed by atoms with van der Waals surface area (Å²) in [6.07, 6.45) is 8.84. The molecule has 1 aliphatic carbocycles. The first-order valence-corrected chi connectivity index (χ1v) is 6.64. The molecular weight excluding hydrogens is 202 g/mol. The summed E-state index contributed by atoms with van der Waals surface area (Å²) in [6, 6.07) is 0.296. The summed E-state index contributed by atoms with van der Waals surface area (Å²) < 4.78 is 0. The Balaban J connectivity index is 2.26. The van der Waals surface area contributed by atoms with Crippen molar-refractivity contribution in [2.45, 2.75) is 64.3 Å². The van der Waals surface area contributed by atoms with Gasteiger partial charge in [-0.15, -0.1) is 0 Å². The van der Waals surface area contributed by atoms with Crippen molar-refractivity contribution in [3.05, 3.63) is 0 Å². The molecule has 1 rings (SSSR count). The van der Waals surface area contributed by atoms with E-state index in [4.69, 9.17) is 5.11 Å². The van der Waals surface area contributed by atoms with Crippen LogP contribution in [0.15, 0.2) is 0 Å². The van der Waals surface area contributed by atoms with Crippen molar-refractivity contribution in [3.8, 4) is 0 Å². The molecule has 0 spiro atoms. The molecule has 1 amide bonds. The Kier molecular flexibility index (Phi) is 6.46. The van der Waals surface area contributed by atoms with E-state index >= 15 is 0 Å². The van der Waals surface area contributed by atoms with Gasteiger partial charge < -0.3 is 10.4 Å². The maximum absolute atomic E-state index is 11.5. The second-order valence-corrected chi connectivity index (χ2v) is 4.93. The van der Waals surface area contributed by atoms with Gasteiger partial charge in [0.2, 0.25) is 5.91 Å². The van der Waals surface area contributed by atoms with Gasteiger partial charge in [0, 0.05) is 19.1 Å². The minimum Gasteiger partial charge on any atom is -0.396 e. The molecule has 0 aliphatic heterocycles. The van der Waals surface area contributed by atoms with Crippen LogP contribution in [0, 0.1) is 5.92 Å². The van der Waals surface area contributed by atoms with Crippen LogP contribution in [0.4, 0.5) is 0 Å². The molecule has 0 heterocycles. The molecule has 0 saturated heterocycles. The third-order valence-electron chi connectivity index (χ3n) is 3.56. The molecule has 3 nitrogen and oxygen atoms in total. The van der Waals surface area contributed by atoms with Crippen molar-refractivity contribution in [2.75, 3.05) is 6.61 Å². The molecule has 0 radical (unpaired) electrons. The smallest absolute Gasteiger partial charge is 0.220 e. The van der Waals surface area contributed by atoms with E-state index in [9.17, 15) is 4.79 Å². The van der Waals surface area contributed by atoms with E-state index in [1.54, 1.807) is 0 Å². The molecule has 1 fully saturated rings. The van der Waals surface area contributed by atoms with Crippen molar-refractivity contribution < 1.29 is 9.90 Å². The molecule has 0 aromatic rings. The quantitative estimate of drug-likeness (QED) is 0.708. The van der Waals surface area contributed by atoms with Crippen LogP contribution in [0.1, 0.15) is 58.3 Å². The average Bonchev–Trinajstić information content (AvgIpc) is 2.54. The van der Waals surface area contributed by atoms with Crippen molar-refractivity contribution in [1.82, 2.24) is 5.32 Å². The summed E-state index contributed by atoms with van der Waals surface area (Å²) in [5.74, 6) is 0.742. The lowest BCUT2D eigenvalue weighted by Gasteiger charge is -2.23. The summed E-state index contributed by atoms with van der Waals surface area (Å²) in [5, 5.41) is 11.7. The molecule has 1 atom stereocenters. The number of hydrogen-bond acceptors (Lipinski definition) is 2. The number of amides is 1. The van der Waals surface area contributed by atoms with E-state index in [2.05, 4.69) is 12.2 Å². The minimum absolute atomic E-state index is 0.0887. The van der Waals surface area contributed by atoms with Gasteiger partial charge in [-0.25, -0.2) is 0 Å². The van der Waals surface area contributed by atoms with Crippen LogP contribution in [-0.4, -0.2) is 23.7 Å². The molecule has 0 unspecified atom stereocenters.